The molecule has 2 aliphatic rings. The van der Waals surface area contributed by atoms with Crippen molar-refractivity contribution in [2.75, 3.05) is 32.7 Å². The molecular weight excluding hydrogens is 252 g/mol. The van der Waals surface area contributed by atoms with Gasteiger partial charge in [-0.2, -0.15) is 0 Å². The van der Waals surface area contributed by atoms with Crippen LogP contribution in [-0.2, 0) is 4.79 Å². The molecule has 0 bridgehead atoms. The second-order valence-corrected chi connectivity index (χ2v) is 6.87. The molecule has 2 atom stereocenters. The molecular formula is C16H30N2O2. The normalized spacial score (nSPS) is 30.4. The van der Waals surface area contributed by atoms with E-state index >= 15 is 0 Å². The van der Waals surface area contributed by atoms with Crippen molar-refractivity contribution in [2.45, 2.75) is 52.0 Å². The Kier molecular flexibility index (Phi) is 5.85. The van der Waals surface area contributed by atoms with E-state index in [4.69, 9.17) is 5.11 Å². The van der Waals surface area contributed by atoms with Gasteiger partial charge in [0.25, 0.3) is 0 Å². The van der Waals surface area contributed by atoms with Gasteiger partial charge in [-0.05, 0) is 31.1 Å². The van der Waals surface area contributed by atoms with Crippen molar-refractivity contribution < 1.29 is 9.90 Å². The summed E-state index contributed by atoms with van der Waals surface area (Å²) in [5, 5.41) is 8.84. The molecule has 1 N–H and O–H groups in total. The van der Waals surface area contributed by atoms with Gasteiger partial charge in [-0.15, -0.1) is 0 Å². The monoisotopic (exact) mass is 282 g/mol. The molecule has 20 heavy (non-hydrogen) atoms. The molecule has 2 rings (SSSR count). The SMILES string of the molecule is CC(C)C1CCCC(N2CCN(CC(=O)O)CC2)CC1. The number of hydrogen-bond acceptors (Lipinski definition) is 3. The third kappa shape index (κ3) is 4.45. The highest BCUT2D eigenvalue weighted by atomic mass is 16.4. The van der Waals surface area contributed by atoms with Gasteiger partial charge in [0.15, 0.2) is 0 Å². The Balaban J connectivity index is 1.77. The topological polar surface area (TPSA) is 43.8 Å². The Labute approximate surface area is 123 Å². The average molecular weight is 282 g/mol. The predicted molar refractivity (Wildman–Crippen MR) is 80.8 cm³/mol. The lowest BCUT2D eigenvalue weighted by Crippen LogP contribution is -2.51. The fourth-order valence-corrected chi connectivity index (χ4v) is 3.82. The number of aliphatic carboxylic acids is 1. The Morgan fingerprint density at radius 1 is 1.10 bits per heavy atom. The number of nitrogens with zero attached hydrogens (tertiary/aromatic N) is 2. The van der Waals surface area contributed by atoms with Gasteiger partial charge < -0.3 is 5.11 Å². The maximum Gasteiger partial charge on any atom is 0.317 e. The summed E-state index contributed by atoms with van der Waals surface area (Å²) in [4.78, 5) is 15.4. The minimum atomic E-state index is -0.701. The molecule has 116 valence electrons. The Morgan fingerprint density at radius 3 is 2.40 bits per heavy atom. The number of carbonyl (C=O) groups is 1. The standard InChI is InChI=1S/C16H30N2O2/c1-13(2)14-4-3-5-15(7-6-14)18-10-8-17(9-11-18)12-16(19)20/h13-15H,3-12H2,1-2H3,(H,19,20). The third-order valence-electron chi connectivity index (χ3n) is 5.21. The average Bonchev–Trinajstić information content (AvgIpc) is 2.64. The lowest BCUT2D eigenvalue weighted by molar-refractivity contribution is -0.138. The number of carboxylic acids is 1. The fourth-order valence-electron chi connectivity index (χ4n) is 3.82. The van der Waals surface area contributed by atoms with Crippen LogP contribution in [-0.4, -0.2) is 59.6 Å². The first-order valence-corrected chi connectivity index (χ1v) is 8.24. The number of hydrogen-bond donors (Lipinski definition) is 1. The molecule has 2 unspecified atom stereocenters. The van der Waals surface area contributed by atoms with E-state index in [1.54, 1.807) is 0 Å². The van der Waals surface area contributed by atoms with Crippen molar-refractivity contribution in [1.29, 1.82) is 0 Å². The molecule has 1 saturated heterocycles. The molecule has 4 nitrogen and oxygen atoms in total. The zero-order valence-electron chi connectivity index (χ0n) is 13.1. The summed E-state index contributed by atoms with van der Waals surface area (Å²) < 4.78 is 0. The highest BCUT2D eigenvalue weighted by Gasteiger charge is 2.27. The Morgan fingerprint density at radius 2 is 1.80 bits per heavy atom. The molecule has 0 aromatic heterocycles. The molecule has 1 aliphatic carbocycles. The molecule has 1 heterocycles. The summed E-state index contributed by atoms with van der Waals surface area (Å²) in [6.07, 6.45) is 6.80. The molecule has 0 aromatic rings. The maximum absolute atomic E-state index is 10.7. The van der Waals surface area contributed by atoms with Crippen LogP contribution in [0.4, 0.5) is 0 Å². The Bertz CT molecular complexity index is 312. The van der Waals surface area contributed by atoms with E-state index in [0.717, 1.165) is 44.1 Å². The summed E-state index contributed by atoms with van der Waals surface area (Å²) in [7, 11) is 0. The van der Waals surface area contributed by atoms with E-state index in [1.807, 2.05) is 0 Å². The van der Waals surface area contributed by atoms with Crippen LogP contribution >= 0.6 is 0 Å². The van der Waals surface area contributed by atoms with Crippen molar-refractivity contribution in [3.63, 3.8) is 0 Å². The largest absolute Gasteiger partial charge is 0.480 e. The molecule has 0 aromatic carbocycles. The molecule has 1 saturated carbocycles. The van der Waals surface area contributed by atoms with E-state index in [9.17, 15) is 4.79 Å². The van der Waals surface area contributed by atoms with E-state index in [0.29, 0.717) is 0 Å². The zero-order valence-corrected chi connectivity index (χ0v) is 13.1. The molecule has 0 amide bonds. The van der Waals surface area contributed by atoms with Crippen molar-refractivity contribution in [3.05, 3.63) is 0 Å². The first-order chi connectivity index (χ1) is 9.56. The molecule has 1 aliphatic heterocycles. The van der Waals surface area contributed by atoms with Crippen LogP contribution < -0.4 is 0 Å². The first-order valence-electron chi connectivity index (χ1n) is 8.24. The van der Waals surface area contributed by atoms with Gasteiger partial charge in [-0.1, -0.05) is 26.7 Å². The fraction of sp³-hybridized carbons (Fsp3) is 0.938. The highest BCUT2D eigenvalue weighted by molar-refractivity contribution is 5.69. The van der Waals surface area contributed by atoms with Gasteiger partial charge in [0.2, 0.25) is 0 Å². The molecule has 0 spiro atoms. The van der Waals surface area contributed by atoms with E-state index in [-0.39, 0.29) is 6.54 Å². The van der Waals surface area contributed by atoms with E-state index in [2.05, 4.69) is 23.6 Å². The zero-order chi connectivity index (χ0) is 14.5. The second-order valence-electron chi connectivity index (χ2n) is 6.87. The number of rotatable bonds is 4. The van der Waals surface area contributed by atoms with Crippen molar-refractivity contribution in [1.82, 2.24) is 9.80 Å². The smallest absolute Gasteiger partial charge is 0.317 e. The van der Waals surface area contributed by atoms with Crippen molar-refractivity contribution >= 4 is 5.97 Å². The summed E-state index contributed by atoms with van der Waals surface area (Å²) in [5.41, 5.74) is 0. The van der Waals surface area contributed by atoms with E-state index < -0.39 is 5.97 Å². The van der Waals surface area contributed by atoms with Gasteiger partial charge in [-0.3, -0.25) is 14.6 Å². The summed E-state index contributed by atoms with van der Waals surface area (Å²) in [5.74, 6) is 1.03. The maximum atomic E-state index is 10.7. The van der Waals surface area contributed by atoms with Crippen LogP contribution in [0, 0.1) is 11.8 Å². The minimum Gasteiger partial charge on any atom is -0.480 e. The summed E-state index contributed by atoms with van der Waals surface area (Å²) in [6, 6.07) is 0.741. The lowest BCUT2D eigenvalue weighted by Gasteiger charge is -2.38. The predicted octanol–water partition coefficient (Wildman–Crippen LogP) is 2.29. The van der Waals surface area contributed by atoms with E-state index in [1.165, 1.54) is 32.1 Å². The highest BCUT2D eigenvalue weighted by Crippen LogP contribution is 2.31. The lowest BCUT2D eigenvalue weighted by atomic mass is 9.89. The van der Waals surface area contributed by atoms with Crippen LogP contribution in [0.3, 0.4) is 0 Å². The minimum absolute atomic E-state index is 0.202. The summed E-state index contributed by atoms with van der Waals surface area (Å²) >= 11 is 0. The van der Waals surface area contributed by atoms with Gasteiger partial charge in [-0.25, -0.2) is 0 Å². The van der Waals surface area contributed by atoms with Gasteiger partial charge in [0.05, 0.1) is 6.54 Å². The molecule has 2 fully saturated rings. The third-order valence-corrected chi connectivity index (χ3v) is 5.21. The van der Waals surface area contributed by atoms with Crippen molar-refractivity contribution in [3.8, 4) is 0 Å². The van der Waals surface area contributed by atoms with Crippen LogP contribution in [0.5, 0.6) is 0 Å². The molecule has 4 heteroatoms. The van der Waals surface area contributed by atoms with Gasteiger partial charge >= 0.3 is 5.97 Å². The number of carboxylic acid groups (broad SMARTS) is 1. The summed E-state index contributed by atoms with van der Waals surface area (Å²) in [6.45, 7) is 8.83. The van der Waals surface area contributed by atoms with Crippen molar-refractivity contribution in [2.24, 2.45) is 11.8 Å². The quantitative estimate of drug-likeness (QED) is 0.804. The van der Waals surface area contributed by atoms with Crippen LogP contribution in [0.15, 0.2) is 0 Å². The second kappa shape index (κ2) is 7.41. The first kappa shape index (κ1) is 15.8. The van der Waals surface area contributed by atoms with Gasteiger partial charge in [0, 0.05) is 32.2 Å². The number of piperazine rings is 1. The van der Waals surface area contributed by atoms with Gasteiger partial charge in [0.1, 0.15) is 0 Å². The van der Waals surface area contributed by atoms with Crippen LogP contribution in [0.1, 0.15) is 46.0 Å². The molecule has 0 radical (unpaired) electrons. The Hall–Kier alpha value is -0.610. The van der Waals surface area contributed by atoms with Crippen LogP contribution in [0.2, 0.25) is 0 Å². The van der Waals surface area contributed by atoms with Crippen LogP contribution in [0.25, 0.3) is 0 Å².